The van der Waals surface area contributed by atoms with Crippen LogP contribution in [0.15, 0.2) is 24.3 Å². The SMILES string of the molecule is C[C@H]1CN(c2ccccc2N)C[C@H](C)N1. The molecule has 1 heterocycles. The van der Waals surface area contributed by atoms with Crippen molar-refractivity contribution in [3.05, 3.63) is 24.3 Å². The van der Waals surface area contributed by atoms with Gasteiger partial charge in [-0.15, -0.1) is 0 Å². The van der Waals surface area contributed by atoms with E-state index in [4.69, 9.17) is 5.73 Å². The number of nitrogens with zero attached hydrogens (tertiary/aromatic N) is 1. The van der Waals surface area contributed by atoms with E-state index in [-0.39, 0.29) is 0 Å². The first-order valence-corrected chi connectivity index (χ1v) is 5.52. The molecule has 0 amide bonds. The molecule has 3 heteroatoms. The Kier molecular flexibility index (Phi) is 2.82. The summed E-state index contributed by atoms with van der Waals surface area (Å²) >= 11 is 0. The molecule has 3 nitrogen and oxygen atoms in total. The van der Waals surface area contributed by atoms with Crippen LogP contribution in [0.3, 0.4) is 0 Å². The Labute approximate surface area is 91.3 Å². The van der Waals surface area contributed by atoms with E-state index in [1.807, 2.05) is 18.2 Å². The second-order valence-corrected chi connectivity index (χ2v) is 4.43. The second kappa shape index (κ2) is 4.11. The number of benzene rings is 1. The molecule has 0 radical (unpaired) electrons. The average Bonchev–Trinajstić information content (AvgIpc) is 2.16. The van der Waals surface area contributed by atoms with Gasteiger partial charge in [0.25, 0.3) is 0 Å². The van der Waals surface area contributed by atoms with Crippen molar-refractivity contribution < 1.29 is 0 Å². The van der Waals surface area contributed by atoms with Crippen LogP contribution in [-0.2, 0) is 0 Å². The van der Waals surface area contributed by atoms with Crippen LogP contribution in [0.2, 0.25) is 0 Å². The van der Waals surface area contributed by atoms with Gasteiger partial charge in [-0.3, -0.25) is 0 Å². The molecule has 1 aromatic carbocycles. The van der Waals surface area contributed by atoms with E-state index in [0.29, 0.717) is 12.1 Å². The first-order chi connectivity index (χ1) is 7.16. The number of nitrogen functional groups attached to an aromatic ring is 1. The molecule has 0 aromatic heterocycles. The van der Waals surface area contributed by atoms with E-state index in [0.717, 1.165) is 24.5 Å². The smallest absolute Gasteiger partial charge is 0.0601 e. The van der Waals surface area contributed by atoms with E-state index in [1.165, 1.54) is 0 Å². The predicted molar refractivity (Wildman–Crippen MR) is 65.1 cm³/mol. The maximum absolute atomic E-state index is 5.98. The van der Waals surface area contributed by atoms with Gasteiger partial charge in [-0.25, -0.2) is 0 Å². The highest BCUT2D eigenvalue weighted by molar-refractivity contribution is 5.67. The normalized spacial score (nSPS) is 26.7. The van der Waals surface area contributed by atoms with Gasteiger partial charge in [0.15, 0.2) is 0 Å². The molecular weight excluding hydrogens is 186 g/mol. The predicted octanol–water partition coefficient (Wildman–Crippen LogP) is 1.46. The second-order valence-electron chi connectivity index (χ2n) is 4.43. The fraction of sp³-hybridized carbons (Fsp3) is 0.500. The maximum atomic E-state index is 5.98. The number of hydrogen-bond acceptors (Lipinski definition) is 3. The molecule has 15 heavy (non-hydrogen) atoms. The van der Waals surface area contributed by atoms with Crippen LogP contribution in [0.1, 0.15) is 13.8 Å². The number of hydrogen-bond donors (Lipinski definition) is 2. The van der Waals surface area contributed by atoms with Crippen molar-refractivity contribution in [1.29, 1.82) is 0 Å². The number of nitrogens with two attached hydrogens (primary N) is 1. The largest absolute Gasteiger partial charge is 0.397 e. The Morgan fingerprint density at radius 1 is 1.20 bits per heavy atom. The van der Waals surface area contributed by atoms with Crippen LogP contribution in [0, 0.1) is 0 Å². The summed E-state index contributed by atoms with van der Waals surface area (Å²) < 4.78 is 0. The molecule has 2 rings (SSSR count). The minimum Gasteiger partial charge on any atom is -0.397 e. The molecular formula is C12H19N3. The van der Waals surface area contributed by atoms with Gasteiger partial charge < -0.3 is 16.0 Å². The average molecular weight is 205 g/mol. The minimum absolute atomic E-state index is 0.522. The van der Waals surface area contributed by atoms with Gasteiger partial charge >= 0.3 is 0 Å². The number of para-hydroxylation sites is 2. The Balaban J connectivity index is 2.20. The quantitative estimate of drug-likeness (QED) is 0.682. The van der Waals surface area contributed by atoms with Crippen LogP contribution in [0.5, 0.6) is 0 Å². The third-order valence-corrected chi connectivity index (χ3v) is 2.83. The van der Waals surface area contributed by atoms with Crippen molar-refractivity contribution in [1.82, 2.24) is 5.32 Å². The highest BCUT2D eigenvalue weighted by atomic mass is 15.2. The Hall–Kier alpha value is -1.22. The van der Waals surface area contributed by atoms with Gasteiger partial charge in [-0.2, -0.15) is 0 Å². The summed E-state index contributed by atoms with van der Waals surface area (Å²) in [4.78, 5) is 2.36. The van der Waals surface area contributed by atoms with Crippen molar-refractivity contribution in [2.75, 3.05) is 23.7 Å². The summed E-state index contributed by atoms with van der Waals surface area (Å²) in [6, 6.07) is 9.13. The fourth-order valence-corrected chi connectivity index (χ4v) is 2.30. The lowest BCUT2D eigenvalue weighted by Gasteiger charge is -2.38. The van der Waals surface area contributed by atoms with Crippen LogP contribution in [0.25, 0.3) is 0 Å². The van der Waals surface area contributed by atoms with E-state index in [1.54, 1.807) is 0 Å². The highest BCUT2D eigenvalue weighted by Crippen LogP contribution is 2.24. The first-order valence-electron chi connectivity index (χ1n) is 5.52. The fourth-order valence-electron chi connectivity index (χ4n) is 2.30. The lowest BCUT2D eigenvalue weighted by molar-refractivity contribution is 0.407. The van der Waals surface area contributed by atoms with Crippen molar-refractivity contribution >= 4 is 11.4 Å². The summed E-state index contributed by atoms with van der Waals surface area (Å²) in [5.41, 5.74) is 8.02. The Morgan fingerprint density at radius 3 is 2.40 bits per heavy atom. The third kappa shape index (κ3) is 2.23. The molecule has 1 aliphatic rings. The van der Waals surface area contributed by atoms with E-state index in [9.17, 15) is 0 Å². The molecule has 0 unspecified atom stereocenters. The highest BCUT2D eigenvalue weighted by Gasteiger charge is 2.21. The van der Waals surface area contributed by atoms with Gasteiger partial charge in [0, 0.05) is 25.2 Å². The van der Waals surface area contributed by atoms with Gasteiger partial charge in [0.2, 0.25) is 0 Å². The van der Waals surface area contributed by atoms with Crippen molar-refractivity contribution in [3.8, 4) is 0 Å². The van der Waals surface area contributed by atoms with Crippen LogP contribution in [-0.4, -0.2) is 25.2 Å². The lowest BCUT2D eigenvalue weighted by atomic mass is 10.1. The molecule has 3 N–H and O–H groups in total. The molecule has 1 fully saturated rings. The maximum Gasteiger partial charge on any atom is 0.0601 e. The minimum atomic E-state index is 0.522. The molecule has 0 aliphatic carbocycles. The van der Waals surface area contributed by atoms with Crippen molar-refractivity contribution in [2.24, 2.45) is 0 Å². The molecule has 0 spiro atoms. The van der Waals surface area contributed by atoms with E-state index < -0.39 is 0 Å². The monoisotopic (exact) mass is 205 g/mol. The van der Waals surface area contributed by atoms with E-state index in [2.05, 4.69) is 30.1 Å². The topological polar surface area (TPSA) is 41.3 Å². The van der Waals surface area contributed by atoms with E-state index >= 15 is 0 Å². The lowest BCUT2D eigenvalue weighted by Crippen LogP contribution is -2.54. The zero-order valence-corrected chi connectivity index (χ0v) is 9.40. The summed E-state index contributed by atoms with van der Waals surface area (Å²) in [7, 11) is 0. The molecule has 2 atom stereocenters. The molecule has 1 aromatic rings. The summed E-state index contributed by atoms with van der Waals surface area (Å²) in [5.74, 6) is 0. The molecule has 1 saturated heterocycles. The molecule has 0 saturated carbocycles. The molecule has 1 aliphatic heterocycles. The molecule has 0 bridgehead atoms. The van der Waals surface area contributed by atoms with Gasteiger partial charge in [0.1, 0.15) is 0 Å². The summed E-state index contributed by atoms with van der Waals surface area (Å²) in [6.45, 7) is 6.47. The summed E-state index contributed by atoms with van der Waals surface area (Å²) in [5, 5.41) is 3.52. The first kappa shape index (κ1) is 10.3. The van der Waals surface area contributed by atoms with Gasteiger partial charge in [-0.05, 0) is 26.0 Å². The third-order valence-electron chi connectivity index (χ3n) is 2.83. The van der Waals surface area contributed by atoms with Gasteiger partial charge in [0.05, 0.1) is 11.4 Å². The number of rotatable bonds is 1. The van der Waals surface area contributed by atoms with Crippen LogP contribution in [0.4, 0.5) is 11.4 Å². The zero-order chi connectivity index (χ0) is 10.8. The van der Waals surface area contributed by atoms with Crippen LogP contribution >= 0.6 is 0 Å². The zero-order valence-electron chi connectivity index (χ0n) is 9.40. The number of anilines is 2. The summed E-state index contributed by atoms with van der Waals surface area (Å²) in [6.07, 6.45) is 0. The Bertz CT molecular complexity index is 327. The molecule has 82 valence electrons. The number of nitrogens with one attached hydrogen (secondary N) is 1. The Morgan fingerprint density at radius 2 is 1.80 bits per heavy atom. The number of piperazine rings is 1. The standard InChI is InChI=1S/C12H19N3/c1-9-7-15(8-10(2)14-9)12-6-4-3-5-11(12)13/h3-6,9-10,14H,7-8,13H2,1-2H3/t9-,10-/m0/s1. The van der Waals surface area contributed by atoms with Crippen molar-refractivity contribution in [2.45, 2.75) is 25.9 Å². The van der Waals surface area contributed by atoms with Crippen molar-refractivity contribution in [3.63, 3.8) is 0 Å². The van der Waals surface area contributed by atoms with Crippen LogP contribution < -0.4 is 16.0 Å². The van der Waals surface area contributed by atoms with Gasteiger partial charge in [-0.1, -0.05) is 12.1 Å².